The van der Waals surface area contributed by atoms with Crippen molar-refractivity contribution in [1.29, 1.82) is 0 Å². The average molecular weight is 233 g/mol. The fraction of sp³-hybridized carbons (Fsp3) is 0.385. The van der Waals surface area contributed by atoms with E-state index in [1.807, 2.05) is 0 Å². The summed E-state index contributed by atoms with van der Waals surface area (Å²) < 4.78 is 13.8. The lowest BCUT2D eigenvalue weighted by Crippen LogP contribution is -2.24. The van der Waals surface area contributed by atoms with Crippen molar-refractivity contribution in [2.24, 2.45) is 0 Å². The topological polar surface area (TPSA) is 37.4 Å². The molecule has 3 rings (SSSR count). The van der Waals surface area contributed by atoms with Crippen LogP contribution in [0.25, 0.3) is 0 Å². The molecule has 88 valence electrons. The normalized spacial score (nSPS) is 19.0. The van der Waals surface area contributed by atoms with Gasteiger partial charge in [-0.15, -0.1) is 0 Å². The van der Waals surface area contributed by atoms with Gasteiger partial charge in [-0.2, -0.15) is 0 Å². The summed E-state index contributed by atoms with van der Waals surface area (Å²) in [6.45, 7) is 0.616. The first-order chi connectivity index (χ1) is 8.16. The van der Waals surface area contributed by atoms with Gasteiger partial charge in [-0.3, -0.25) is 9.59 Å². The second-order valence-electron chi connectivity index (χ2n) is 4.53. The summed E-state index contributed by atoms with van der Waals surface area (Å²) in [7, 11) is 0. The molecule has 1 saturated heterocycles. The zero-order valence-corrected chi connectivity index (χ0v) is 9.33. The van der Waals surface area contributed by atoms with E-state index in [4.69, 9.17) is 0 Å². The Kier molecular flexibility index (Phi) is 2.24. The van der Waals surface area contributed by atoms with Crippen LogP contribution in [0.15, 0.2) is 12.1 Å². The lowest BCUT2D eigenvalue weighted by atomic mass is 10.1. The van der Waals surface area contributed by atoms with Gasteiger partial charge in [-0.05, 0) is 30.5 Å². The van der Waals surface area contributed by atoms with E-state index in [2.05, 4.69) is 0 Å². The van der Waals surface area contributed by atoms with E-state index in [1.54, 1.807) is 11.0 Å². The Morgan fingerprint density at radius 2 is 1.94 bits per heavy atom. The molecule has 0 spiro atoms. The molecule has 0 bridgehead atoms. The van der Waals surface area contributed by atoms with E-state index in [1.165, 1.54) is 6.07 Å². The van der Waals surface area contributed by atoms with Crippen LogP contribution in [0, 0.1) is 5.82 Å². The zero-order chi connectivity index (χ0) is 12.0. The van der Waals surface area contributed by atoms with Crippen LogP contribution < -0.4 is 4.90 Å². The maximum absolute atomic E-state index is 13.8. The van der Waals surface area contributed by atoms with Crippen molar-refractivity contribution >= 4 is 17.4 Å². The molecule has 17 heavy (non-hydrogen) atoms. The van der Waals surface area contributed by atoms with Crippen molar-refractivity contribution in [1.82, 2.24) is 0 Å². The number of nitrogens with zero attached hydrogens (tertiary/aromatic N) is 1. The molecule has 4 heteroatoms. The minimum Gasteiger partial charge on any atom is -0.312 e. The van der Waals surface area contributed by atoms with E-state index in [0.717, 1.165) is 6.42 Å². The first kappa shape index (κ1) is 10.4. The Bertz CT molecular complexity index is 524. The predicted molar refractivity (Wildman–Crippen MR) is 60.6 cm³/mol. The maximum atomic E-state index is 13.8. The molecule has 0 N–H and O–H groups in total. The number of fused-ring (bicyclic) bond motifs is 1. The van der Waals surface area contributed by atoms with E-state index in [0.29, 0.717) is 42.6 Å². The Labute approximate surface area is 98.2 Å². The summed E-state index contributed by atoms with van der Waals surface area (Å²) in [6.07, 6.45) is 2.16. The van der Waals surface area contributed by atoms with Gasteiger partial charge in [0, 0.05) is 30.6 Å². The van der Waals surface area contributed by atoms with Gasteiger partial charge in [-0.25, -0.2) is 4.39 Å². The van der Waals surface area contributed by atoms with Crippen LogP contribution in [0.2, 0.25) is 0 Å². The molecular formula is C13H12FNO2. The van der Waals surface area contributed by atoms with Crippen molar-refractivity contribution in [2.75, 3.05) is 11.4 Å². The summed E-state index contributed by atoms with van der Waals surface area (Å²) >= 11 is 0. The Morgan fingerprint density at radius 3 is 2.65 bits per heavy atom. The molecule has 1 amide bonds. The summed E-state index contributed by atoms with van der Waals surface area (Å²) in [5, 5.41) is 0. The Hall–Kier alpha value is -1.71. The van der Waals surface area contributed by atoms with Crippen LogP contribution in [-0.2, 0) is 11.2 Å². The second-order valence-corrected chi connectivity index (χ2v) is 4.53. The largest absolute Gasteiger partial charge is 0.312 e. The molecule has 3 nitrogen and oxygen atoms in total. The van der Waals surface area contributed by atoms with Crippen LogP contribution in [0.5, 0.6) is 0 Å². The number of amides is 1. The number of rotatable bonds is 1. The number of anilines is 1. The third-order valence-corrected chi connectivity index (χ3v) is 3.47. The number of hydrogen-bond acceptors (Lipinski definition) is 2. The minimum atomic E-state index is -0.358. The molecule has 1 heterocycles. The van der Waals surface area contributed by atoms with Gasteiger partial charge in [0.05, 0.1) is 0 Å². The van der Waals surface area contributed by atoms with Crippen molar-refractivity contribution in [3.63, 3.8) is 0 Å². The number of Topliss-reactive ketones (excluding diaryl/α,β-unsaturated/α-hetero) is 1. The highest BCUT2D eigenvalue weighted by molar-refractivity contribution is 6.03. The lowest BCUT2D eigenvalue weighted by molar-refractivity contribution is -0.117. The van der Waals surface area contributed by atoms with Crippen molar-refractivity contribution < 1.29 is 14.0 Å². The van der Waals surface area contributed by atoms with Crippen LogP contribution in [0.4, 0.5) is 10.1 Å². The molecule has 0 atom stereocenters. The number of benzene rings is 1. The smallest absolute Gasteiger partial charge is 0.227 e. The quantitative estimate of drug-likeness (QED) is 0.744. The van der Waals surface area contributed by atoms with Crippen LogP contribution in [-0.4, -0.2) is 18.2 Å². The lowest BCUT2D eigenvalue weighted by Gasteiger charge is -2.17. The van der Waals surface area contributed by atoms with Gasteiger partial charge in [0.15, 0.2) is 5.78 Å². The highest BCUT2D eigenvalue weighted by Gasteiger charge is 2.27. The molecule has 0 saturated carbocycles. The molecule has 2 aliphatic rings. The fourth-order valence-electron chi connectivity index (χ4n) is 2.58. The summed E-state index contributed by atoms with van der Waals surface area (Å²) in [4.78, 5) is 24.7. The van der Waals surface area contributed by atoms with E-state index in [9.17, 15) is 14.0 Å². The molecule has 1 aromatic rings. The Balaban J connectivity index is 2.08. The van der Waals surface area contributed by atoms with E-state index < -0.39 is 0 Å². The minimum absolute atomic E-state index is 0.00907. The summed E-state index contributed by atoms with van der Waals surface area (Å²) in [5.74, 6) is -0.370. The summed E-state index contributed by atoms with van der Waals surface area (Å²) in [6, 6.07) is 3.04. The SMILES string of the molecule is O=C1CCc2c(F)cc(N3CCCC3=O)cc21. The number of halogens is 1. The van der Waals surface area contributed by atoms with Gasteiger partial charge in [-0.1, -0.05) is 0 Å². The van der Waals surface area contributed by atoms with Crippen molar-refractivity contribution in [3.8, 4) is 0 Å². The summed E-state index contributed by atoms with van der Waals surface area (Å²) in [5.41, 5.74) is 1.49. The number of hydrogen-bond donors (Lipinski definition) is 0. The Morgan fingerprint density at radius 1 is 1.12 bits per heavy atom. The number of carbonyl (C=O) groups is 2. The van der Waals surface area contributed by atoms with Gasteiger partial charge < -0.3 is 4.90 Å². The zero-order valence-electron chi connectivity index (χ0n) is 9.33. The standard InChI is InChI=1S/C13H12FNO2/c14-11-7-8(15-5-1-2-13(15)17)6-10-9(11)3-4-12(10)16/h6-7H,1-5H2. The van der Waals surface area contributed by atoms with Crippen molar-refractivity contribution in [3.05, 3.63) is 29.1 Å². The molecule has 1 fully saturated rings. The maximum Gasteiger partial charge on any atom is 0.227 e. The van der Waals surface area contributed by atoms with E-state index in [-0.39, 0.29) is 17.5 Å². The molecule has 1 aliphatic heterocycles. The van der Waals surface area contributed by atoms with Gasteiger partial charge in [0.1, 0.15) is 5.82 Å². The van der Waals surface area contributed by atoms with Gasteiger partial charge in [0.25, 0.3) is 0 Å². The third-order valence-electron chi connectivity index (χ3n) is 3.47. The van der Waals surface area contributed by atoms with Crippen LogP contribution in [0.3, 0.4) is 0 Å². The highest BCUT2D eigenvalue weighted by Crippen LogP contribution is 2.31. The molecule has 0 aromatic heterocycles. The highest BCUT2D eigenvalue weighted by atomic mass is 19.1. The molecule has 0 radical (unpaired) electrons. The van der Waals surface area contributed by atoms with E-state index >= 15 is 0 Å². The monoisotopic (exact) mass is 233 g/mol. The predicted octanol–water partition coefficient (Wildman–Crippen LogP) is 2.08. The van der Waals surface area contributed by atoms with Gasteiger partial charge >= 0.3 is 0 Å². The molecule has 1 aromatic carbocycles. The van der Waals surface area contributed by atoms with Crippen LogP contribution in [0.1, 0.15) is 35.2 Å². The van der Waals surface area contributed by atoms with Crippen LogP contribution >= 0.6 is 0 Å². The average Bonchev–Trinajstić information content (AvgIpc) is 2.86. The number of ketones is 1. The van der Waals surface area contributed by atoms with Crippen molar-refractivity contribution in [2.45, 2.75) is 25.7 Å². The molecule has 0 unspecified atom stereocenters. The number of carbonyl (C=O) groups excluding carboxylic acids is 2. The molecule has 1 aliphatic carbocycles. The third kappa shape index (κ3) is 1.55. The first-order valence-electron chi connectivity index (χ1n) is 5.83. The van der Waals surface area contributed by atoms with Gasteiger partial charge in [0.2, 0.25) is 5.91 Å². The fourth-order valence-corrected chi connectivity index (χ4v) is 2.58. The molecular weight excluding hydrogens is 221 g/mol. The second kappa shape index (κ2) is 3.65. The first-order valence-corrected chi connectivity index (χ1v) is 5.83.